The minimum atomic E-state index is -1.06. The van der Waals surface area contributed by atoms with Gasteiger partial charge < -0.3 is 20.6 Å². The molecule has 1 aromatic rings. The summed E-state index contributed by atoms with van der Waals surface area (Å²) in [5.41, 5.74) is 1.67. The molecule has 0 spiro atoms. The van der Waals surface area contributed by atoms with Gasteiger partial charge in [-0.15, -0.1) is 0 Å². The molecular weight excluding hydrogens is 310 g/mol. The number of carboxylic acid groups (broad SMARTS) is 1. The molecule has 0 bridgehead atoms. The minimum Gasteiger partial charge on any atom is -0.480 e. The highest BCUT2D eigenvalue weighted by atomic mass is 16.4. The van der Waals surface area contributed by atoms with Gasteiger partial charge in [-0.1, -0.05) is 13.8 Å². The Labute approximate surface area is 141 Å². The molecule has 0 aromatic heterocycles. The van der Waals surface area contributed by atoms with E-state index in [9.17, 15) is 19.5 Å². The second kappa shape index (κ2) is 6.90. The largest absolute Gasteiger partial charge is 0.480 e. The van der Waals surface area contributed by atoms with E-state index in [-0.39, 0.29) is 17.9 Å². The van der Waals surface area contributed by atoms with Crippen LogP contribution in [0.15, 0.2) is 18.2 Å². The highest BCUT2D eigenvalue weighted by molar-refractivity contribution is 6.05. The molecule has 24 heavy (non-hydrogen) atoms. The van der Waals surface area contributed by atoms with Crippen molar-refractivity contribution in [1.82, 2.24) is 5.32 Å². The van der Waals surface area contributed by atoms with Gasteiger partial charge >= 0.3 is 5.97 Å². The first-order chi connectivity index (χ1) is 11.2. The second-order valence-corrected chi connectivity index (χ2v) is 6.50. The van der Waals surface area contributed by atoms with Crippen molar-refractivity contribution in [2.45, 2.75) is 39.3 Å². The van der Waals surface area contributed by atoms with E-state index >= 15 is 0 Å². The van der Waals surface area contributed by atoms with E-state index in [2.05, 4.69) is 10.6 Å². The Bertz CT molecular complexity index is 672. The normalized spacial score (nSPS) is 18.0. The maximum Gasteiger partial charge on any atom is 0.326 e. The Morgan fingerprint density at radius 3 is 2.62 bits per heavy atom. The van der Waals surface area contributed by atoms with Crippen molar-refractivity contribution in [2.75, 3.05) is 17.3 Å². The van der Waals surface area contributed by atoms with Gasteiger partial charge in [-0.3, -0.25) is 9.59 Å². The number of carbonyl (C=O) groups excluding carboxylic acids is 2. The lowest BCUT2D eigenvalue weighted by atomic mass is 10.0. The lowest BCUT2D eigenvalue weighted by Crippen LogP contribution is -2.44. The molecule has 2 atom stereocenters. The summed E-state index contributed by atoms with van der Waals surface area (Å²) in [4.78, 5) is 37.4. The summed E-state index contributed by atoms with van der Waals surface area (Å²) in [7, 11) is 1.81. The maximum absolute atomic E-state index is 12.4. The van der Waals surface area contributed by atoms with E-state index in [4.69, 9.17) is 0 Å². The van der Waals surface area contributed by atoms with Gasteiger partial charge in [0.15, 0.2) is 0 Å². The predicted octanol–water partition coefficient (Wildman–Crippen LogP) is 1.69. The number of amides is 2. The standard InChI is InChI=1S/C17H23N3O4/c1-9(2)7-13(17(23)24)19-16(22)11-5-6-14-12(8-11)18-15(21)10(3)20(14)4/h5-6,8-10,13H,7H2,1-4H3,(H,18,21)(H,19,22)(H,23,24)/t10?,13-/m0/s1. The second-order valence-electron chi connectivity index (χ2n) is 6.50. The third-order valence-corrected chi connectivity index (χ3v) is 4.17. The number of carboxylic acids is 1. The Hall–Kier alpha value is -2.57. The Kier molecular flexibility index (Phi) is 5.11. The van der Waals surface area contributed by atoms with Gasteiger partial charge in [0.2, 0.25) is 5.91 Å². The lowest BCUT2D eigenvalue weighted by Gasteiger charge is -2.33. The quantitative estimate of drug-likeness (QED) is 0.762. The number of nitrogens with one attached hydrogen (secondary N) is 2. The van der Waals surface area contributed by atoms with Crippen LogP contribution in [0.25, 0.3) is 0 Å². The van der Waals surface area contributed by atoms with Crippen molar-refractivity contribution in [1.29, 1.82) is 0 Å². The summed E-state index contributed by atoms with van der Waals surface area (Å²) in [6.45, 7) is 5.59. The van der Waals surface area contributed by atoms with Crippen LogP contribution in [0.3, 0.4) is 0 Å². The number of aliphatic carboxylic acids is 1. The number of hydrogen-bond acceptors (Lipinski definition) is 4. The molecule has 0 radical (unpaired) electrons. The van der Waals surface area contributed by atoms with Crippen LogP contribution < -0.4 is 15.5 Å². The van der Waals surface area contributed by atoms with Gasteiger partial charge in [-0.25, -0.2) is 4.79 Å². The number of benzene rings is 1. The molecule has 1 unspecified atom stereocenters. The number of carbonyl (C=O) groups is 3. The fourth-order valence-corrected chi connectivity index (χ4v) is 2.64. The van der Waals surface area contributed by atoms with Crippen molar-refractivity contribution in [3.05, 3.63) is 23.8 Å². The average Bonchev–Trinajstić information content (AvgIpc) is 2.51. The van der Waals surface area contributed by atoms with Gasteiger partial charge in [0.05, 0.1) is 11.4 Å². The third-order valence-electron chi connectivity index (χ3n) is 4.17. The fourth-order valence-electron chi connectivity index (χ4n) is 2.64. The van der Waals surface area contributed by atoms with E-state index in [0.717, 1.165) is 5.69 Å². The molecule has 3 N–H and O–H groups in total. The zero-order valence-corrected chi connectivity index (χ0v) is 14.3. The fraction of sp³-hybridized carbons (Fsp3) is 0.471. The Morgan fingerprint density at radius 1 is 1.38 bits per heavy atom. The first-order valence-electron chi connectivity index (χ1n) is 7.92. The first-order valence-corrected chi connectivity index (χ1v) is 7.92. The number of rotatable bonds is 5. The van der Waals surface area contributed by atoms with Crippen LogP contribution in [0.5, 0.6) is 0 Å². The molecule has 1 heterocycles. The molecule has 7 heteroatoms. The zero-order valence-electron chi connectivity index (χ0n) is 14.3. The number of nitrogens with zero attached hydrogens (tertiary/aromatic N) is 1. The molecular formula is C17H23N3O4. The minimum absolute atomic E-state index is 0.143. The van der Waals surface area contributed by atoms with Gasteiger partial charge in [-0.2, -0.15) is 0 Å². The number of fused-ring (bicyclic) bond motifs is 1. The van der Waals surface area contributed by atoms with E-state index in [1.165, 1.54) is 0 Å². The highest BCUT2D eigenvalue weighted by Gasteiger charge is 2.28. The topological polar surface area (TPSA) is 98.7 Å². The summed E-state index contributed by atoms with van der Waals surface area (Å²) in [6.07, 6.45) is 0.350. The van der Waals surface area contributed by atoms with Crippen LogP contribution in [-0.2, 0) is 9.59 Å². The lowest BCUT2D eigenvalue weighted by molar-refractivity contribution is -0.139. The molecule has 0 aliphatic carbocycles. The Morgan fingerprint density at radius 2 is 2.04 bits per heavy atom. The summed E-state index contributed by atoms with van der Waals surface area (Å²) in [5, 5.41) is 14.5. The first kappa shape index (κ1) is 17.8. The Balaban J connectivity index is 2.21. The molecule has 1 aromatic carbocycles. The summed E-state index contributed by atoms with van der Waals surface area (Å²) in [6, 6.07) is 3.71. The highest BCUT2D eigenvalue weighted by Crippen LogP contribution is 2.31. The van der Waals surface area contributed by atoms with Crippen LogP contribution in [-0.4, -0.2) is 42.0 Å². The van der Waals surface area contributed by atoms with Crippen LogP contribution >= 0.6 is 0 Å². The van der Waals surface area contributed by atoms with Crippen molar-refractivity contribution < 1.29 is 19.5 Å². The number of hydrogen-bond donors (Lipinski definition) is 3. The summed E-state index contributed by atoms with van der Waals surface area (Å²) >= 11 is 0. The molecule has 0 fully saturated rings. The van der Waals surface area contributed by atoms with Crippen molar-refractivity contribution in [2.24, 2.45) is 5.92 Å². The average molecular weight is 333 g/mol. The van der Waals surface area contributed by atoms with Crippen LogP contribution in [0.1, 0.15) is 37.6 Å². The monoisotopic (exact) mass is 333 g/mol. The van der Waals surface area contributed by atoms with E-state index < -0.39 is 17.9 Å². The van der Waals surface area contributed by atoms with Crippen LogP contribution in [0, 0.1) is 5.92 Å². The van der Waals surface area contributed by atoms with Crippen LogP contribution in [0.2, 0.25) is 0 Å². The van der Waals surface area contributed by atoms with E-state index in [1.54, 1.807) is 25.1 Å². The smallest absolute Gasteiger partial charge is 0.326 e. The molecule has 0 saturated carbocycles. The molecule has 2 amide bonds. The van der Waals surface area contributed by atoms with Gasteiger partial charge in [0.25, 0.3) is 5.91 Å². The molecule has 1 aliphatic heterocycles. The maximum atomic E-state index is 12.4. The molecule has 7 nitrogen and oxygen atoms in total. The van der Waals surface area contributed by atoms with Gasteiger partial charge in [-0.05, 0) is 37.5 Å². The summed E-state index contributed by atoms with van der Waals surface area (Å²) in [5.74, 6) is -1.53. The predicted molar refractivity (Wildman–Crippen MR) is 91.3 cm³/mol. The summed E-state index contributed by atoms with van der Waals surface area (Å²) < 4.78 is 0. The molecule has 0 saturated heterocycles. The van der Waals surface area contributed by atoms with Crippen molar-refractivity contribution in [3.63, 3.8) is 0 Å². The molecule has 2 rings (SSSR count). The zero-order chi connectivity index (χ0) is 18.0. The molecule has 1 aliphatic rings. The molecule has 130 valence electrons. The van der Waals surface area contributed by atoms with E-state index in [1.807, 2.05) is 25.8 Å². The number of anilines is 2. The van der Waals surface area contributed by atoms with Crippen molar-refractivity contribution in [3.8, 4) is 0 Å². The number of likely N-dealkylation sites (N-methyl/N-ethyl adjacent to an activating group) is 1. The third kappa shape index (κ3) is 3.67. The van der Waals surface area contributed by atoms with E-state index in [0.29, 0.717) is 17.7 Å². The van der Waals surface area contributed by atoms with Gasteiger partial charge in [0, 0.05) is 12.6 Å². The van der Waals surface area contributed by atoms with Crippen LogP contribution in [0.4, 0.5) is 11.4 Å². The van der Waals surface area contributed by atoms with Crippen molar-refractivity contribution >= 4 is 29.2 Å². The van der Waals surface area contributed by atoms with Gasteiger partial charge in [0.1, 0.15) is 12.1 Å². The SMILES string of the molecule is CC(C)C[C@H](NC(=O)c1ccc2c(c1)NC(=O)C(C)N2C)C(=O)O.